The van der Waals surface area contributed by atoms with Crippen molar-refractivity contribution in [2.24, 2.45) is 0 Å². The molecule has 3 rings (SSSR count). The predicted octanol–water partition coefficient (Wildman–Crippen LogP) is 3.02. The quantitative estimate of drug-likeness (QED) is 0.498. The molecule has 0 atom stereocenters. The number of aromatic nitrogens is 1. The zero-order valence-electron chi connectivity index (χ0n) is 14.7. The summed E-state index contributed by atoms with van der Waals surface area (Å²) in [7, 11) is 0. The van der Waals surface area contributed by atoms with Crippen molar-refractivity contribution in [1.82, 2.24) is 4.98 Å². The van der Waals surface area contributed by atoms with Crippen molar-refractivity contribution in [2.45, 2.75) is 20.3 Å². The fourth-order valence-electron chi connectivity index (χ4n) is 2.41. The lowest BCUT2D eigenvalue weighted by atomic mass is 10.1. The van der Waals surface area contributed by atoms with Gasteiger partial charge in [-0.25, -0.2) is 0 Å². The number of fused-ring (bicyclic) bond motifs is 1. The standard InChI is InChI=1S/C10H10N2O.C10H11NO2/c1-6-4-10(13)12-9-5-7(11)2-3-8(6)9;1-8(12)7-10(13)11-9-5-3-2-4-6-9/h2-5H,11H2,1H3,(H,12,13);2-6H,7H2,1H3,(H,11,13). The minimum atomic E-state index is -0.265. The summed E-state index contributed by atoms with van der Waals surface area (Å²) >= 11 is 0. The van der Waals surface area contributed by atoms with Gasteiger partial charge in [-0.15, -0.1) is 0 Å². The number of nitrogen functional groups attached to an aromatic ring is 1. The highest BCUT2D eigenvalue weighted by molar-refractivity contribution is 6.03. The molecule has 1 amide bonds. The Balaban J connectivity index is 0.000000187. The van der Waals surface area contributed by atoms with E-state index in [0.717, 1.165) is 16.5 Å². The third-order valence-electron chi connectivity index (χ3n) is 3.54. The van der Waals surface area contributed by atoms with Crippen LogP contribution < -0.4 is 16.6 Å². The molecule has 0 saturated heterocycles. The Morgan fingerprint density at radius 3 is 2.42 bits per heavy atom. The van der Waals surface area contributed by atoms with Crippen LogP contribution in [0.3, 0.4) is 0 Å². The number of carbonyl (C=O) groups excluding carboxylic acids is 2. The average molecular weight is 351 g/mol. The summed E-state index contributed by atoms with van der Waals surface area (Å²) in [5, 5.41) is 3.65. The van der Waals surface area contributed by atoms with E-state index >= 15 is 0 Å². The van der Waals surface area contributed by atoms with Gasteiger partial charge in [-0.2, -0.15) is 0 Å². The zero-order valence-corrected chi connectivity index (χ0v) is 14.7. The number of pyridine rings is 1. The molecule has 26 heavy (non-hydrogen) atoms. The molecule has 0 aliphatic carbocycles. The fourth-order valence-corrected chi connectivity index (χ4v) is 2.41. The number of anilines is 2. The number of Topliss-reactive ketones (excluding diaryl/α,β-unsaturated/α-hetero) is 1. The maximum Gasteiger partial charge on any atom is 0.248 e. The number of ketones is 1. The van der Waals surface area contributed by atoms with Gasteiger partial charge in [-0.3, -0.25) is 14.4 Å². The molecule has 2 aromatic carbocycles. The molecule has 6 heteroatoms. The van der Waals surface area contributed by atoms with Crippen LogP contribution in [0, 0.1) is 6.92 Å². The lowest BCUT2D eigenvalue weighted by molar-refractivity contribution is -0.124. The van der Waals surface area contributed by atoms with Crippen LogP contribution in [0.5, 0.6) is 0 Å². The number of aromatic amines is 1. The van der Waals surface area contributed by atoms with E-state index in [2.05, 4.69) is 10.3 Å². The molecule has 0 aliphatic rings. The first-order valence-electron chi connectivity index (χ1n) is 8.08. The van der Waals surface area contributed by atoms with Crippen molar-refractivity contribution < 1.29 is 9.59 Å². The van der Waals surface area contributed by atoms with Crippen molar-refractivity contribution in [3.63, 3.8) is 0 Å². The van der Waals surface area contributed by atoms with E-state index in [1.165, 1.54) is 6.92 Å². The van der Waals surface area contributed by atoms with Crippen LogP contribution in [0.4, 0.5) is 11.4 Å². The van der Waals surface area contributed by atoms with E-state index < -0.39 is 0 Å². The van der Waals surface area contributed by atoms with E-state index in [-0.39, 0.29) is 23.7 Å². The fraction of sp³-hybridized carbons (Fsp3) is 0.150. The molecule has 1 heterocycles. The summed E-state index contributed by atoms with van der Waals surface area (Å²) in [5.41, 5.74) is 8.66. The maximum atomic E-state index is 11.1. The van der Waals surface area contributed by atoms with Gasteiger partial charge in [-0.05, 0) is 43.7 Å². The summed E-state index contributed by atoms with van der Waals surface area (Å²) in [6, 6.07) is 16.1. The van der Waals surface area contributed by atoms with Gasteiger partial charge in [0.05, 0.1) is 11.9 Å². The lowest BCUT2D eigenvalue weighted by Crippen LogP contribution is -2.14. The van der Waals surface area contributed by atoms with Gasteiger partial charge in [0.2, 0.25) is 11.5 Å². The first-order valence-corrected chi connectivity index (χ1v) is 8.08. The van der Waals surface area contributed by atoms with E-state index in [1.54, 1.807) is 24.3 Å². The van der Waals surface area contributed by atoms with Crippen LogP contribution in [0.25, 0.3) is 10.9 Å². The normalized spacial score (nSPS) is 9.92. The Morgan fingerprint density at radius 1 is 1.08 bits per heavy atom. The number of hydrogen-bond donors (Lipinski definition) is 3. The van der Waals surface area contributed by atoms with Gasteiger partial charge >= 0.3 is 0 Å². The van der Waals surface area contributed by atoms with Crippen molar-refractivity contribution in [1.29, 1.82) is 0 Å². The Morgan fingerprint density at radius 2 is 1.77 bits per heavy atom. The summed E-state index contributed by atoms with van der Waals surface area (Å²) in [6.45, 7) is 3.30. The van der Waals surface area contributed by atoms with Crippen LogP contribution in [-0.4, -0.2) is 16.7 Å². The summed E-state index contributed by atoms with van der Waals surface area (Å²) in [6.07, 6.45) is -0.0606. The molecule has 0 radical (unpaired) electrons. The highest BCUT2D eigenvalue weighted by Gasteiger charge is 2.04. The third-order valence-corrected chi connectivity index (χ3v) is 3.54. The number of nitrogens with two attached hydrogens (primary N) is 1. The molecule has 0 unspecified atom stereocenters. The molecule has 0 aliphatic heterocycles. The molecule has 134 valence electrons. The Labute approximate surface area is 151 Å². The number of H-pyrrole nitrogens is 1. The smallest absolute Gasteiger partial charge is 0.248 e. The molecule has 0 bridgehead atoms. The zero-order chi connectivity index (χ0) is 19.1. The van der Waals surface area contributed by atoms with Gasteiger partial charge in [0, 0.05) is 22.8 Å². The first kappa shape index (κ1) is 18.9. The summed E-state index contributed by atoms with van der Waals surface area (Å²) in [4.78, 5) is 35.5. The summed E-state index contributed by atoms with van der Waals surface area (Å²) in [5.74, 6) is -0.396. The molecule has 4 N–H and O–H groups in total. The molecule has 6 nitrogen and oxygen atoms in total. The number of para-hydroxylation sites is 1. The largest absolute Gasteiger partial charge is 0.399 e. The van der Waals surface area contributed by atoms with Gasteiger partial charge in [-0.1, -0.05) is 24.3 Å². The van der Waals surface area contributed by atoms with Crippen molar-refractivity contribution in [3.8, 4) is 0 Å². The Bertz CT molecular complexity index is 979. The SMILES string of the molecule is CC(=O)CC(=O)Nc1ccccc1.Cc1cc(=O)[nH]c2cc(N)ccc12. The Kier molecular flexibility index (Phi) is 6.27. The lowest BCUT2D eigenvalue weighted by Gasteiger charge is -2.01. The van der Waals surface area contributed by atoms with E-state index in [4.69, 9.17) is 5.73 Å². The van der Waals surface area contributed by atoms with Crippen molar-refractivity contribution in [2.75, 3.05) is 11.1 Å². The molecule has 0 fully saturated rings. The topological polar surface area (TPSA) is 105 Å². The van der Waals surface area contributed by atoms with E-state index in [1.807, 2.05) is 37.3 Å². The molecule has 0 saturated carbocycles. The molecule has 1 aromatic heterocycles. The Hall–Kier alpha value is -3.41. The minimum absolute atomic E-state index is 0.0606. The van der Waals surface area contributed by atoms with Gasteiger partial charge in [0.15, 0.2) is 0 Å². The number of carbonyl (C=O) groups is 2. The van der Waals surface area contributed by atoms with Gasteiger partial charge in [0.1, 0.15) is 5.78 Å². The minimum Gasteiger partial charge on any atom is -0.399 e. The maximum absolute atomic E-state index is 11.1. The van der Waals surface area contributed by atoms with Crippen LogP contribution in [0.1, 0.15) is 18.9 Å². The second kappa shape index (κ2) is 8.62. The van der Waals surface area contributed by atoms with Crippen LogP contribution in [0.2, 0.25) is 0 Å². The third kappa shape index (κ3) is 5.59. The van der Waals surface area contributed by atoms with E-state index in [9.17, 15) is 14.4 Å². The van der Waals surface area contributed by atoms with Crippen LogP contribution in [0.15, 0.2) is 59.4 Å². The number of aryl methyl sites for hydroxylation is 1. The van der Waals surface area contributed by atoms with Crippen molar-refractivity contribution in [3.05, 3.63) is 70.5 Å². The van der Waals surface area contributed by atoms with Crippen LogP contribution >= 0.6 is 0 Å². The van der Waals surface area contributed by atoms with Gasteiger partial charge in [0.25, 0.3) is 0 Å². The molecule has 3 aromatic rings. The molecular formula is C20H21N3O3. The predicted molar refractivity (Wildman–Crippen MR) is 104 cm³/mol. The second-order valence-electron chi connectivity index (χ2n) is 5.91. The number of benzene rings is 2. The average Bonchev–Trinajstić information content (AvgIpc) is 2.54. The number of rotatable bonds is 3. The highest BCUT2D eigenvalue weighted by atomic mass is 16.2. The number of amides is 1. The summed E-state index contributed by atoms with van der Waals surface area (Å²) < 4.78 is 0. The first-order chi connectivity index (χ1) is 12.3. The van der Waals surface area contributed by atoms with Crippen molar-refractivity contribution >= 4 is 34.0 Å². The molecule has 0 spiro atoms. The highest BCUT2D eigenvalue weighted by Crippen LogP contribution is 2.16. The monoisotopic (exact) mass is 351 g/mol. The molecular weight excluding hydrogens is 330 g/mol. The number of hydrogen-bond acceptors (Lipinski definition) is 4. The van der Waals surface area contributed by atoms with Crippen LogP contribution in [-0.2, 0) is 9.59 Å². The number of nitrogens with one attached hydrogen (secondary N) is 2. The van der Waals surface area contributed by atoms with Gasteiger partial charge < -0.3 is 16.0 Å². The second-order valence-corrected chi connectivity index (χ2v) is 5.91. The van der Waals surface area contributed by atoms with E-state index in [0.29, 0.717) is 11.4 Å².